The summed E-state index contributed by atoms with van der Waals surface area (Å²) in [7, 11) is 0. The predicted molar refractivity (Wildman–Crippen MR) is 61.8 cm³/mol. The first kappa shape index (κ1) is 13.0. The van der Waals surface area contributed by atoms with E-state index in [4.69, 9.17) is 5.73 Å². The van der Waals surface area contributed by atoms with Gasteiger partial charge in [0.1, 0.15) is 0 Å². The molecule has 0 aliphatic carbocycles. The van der Waals surface area contributed by atoms with Gasteiger partial charge < -0.3 is 10.6 Å². The van der Waals surface area contributed by atoms with Crippen LogP contribution in [-0.2, 0) is 4.79 Å². The standard InChI is InChI=1S/C11H21N3O2/c1-9-3-2-6-14(7-4-9)8-5-10(15)13-11(12)16/h9H,2-8H2,1H3,(H3,12,13,15,16)/t9-/m0/s1. The van der Waals surface area contributed by atoms with Crippen LogP contribution in [0.25, 0.3) is 0 Å². The molecule has 0 saturated carbocycles. The summed E-state index contributed by atoms with van der Waals surface area (Å²) in [6.07, 6.45) is 4.00. The third kappa shape index (κ3) is 5.11. The first-order valence-electron chi connectivity index (χ1n) is 5.89. The molecule has 0 aromatic heterocycles. The van der Waals surface area contributed by atoms with Gasteiger partial charge in [0.15, 0.2) is 0 Å². The Hall–Kier alpha value is -1.10. The van der Waals surface area contributed by atoms with E-state index >= 15 is 0 Å². The highest BCUT2D eigenvalue weighted by atomic mass is 16.2. The normalized spacial score (nSPS) is 22.4. The molecule has 3 N–H and O–H groups in total. The Morgan fingerprint density at radius 2 is 2.12 bits per heavy atom. The van der Waals surface area contributed by atoms with Gasteiger partial charge >= 0.3 is 6.03 Å². The van der Waals surface area contributed by atoms with Crippen LogP contribution in [0.5, 0.6) is 0 Å². The highest BCUT2D eigenvalue weighted by Gasteiger charge is 2.14. The second-order valence-electron chi connectivity index (χ2n) is 4.54. The van der Waals surface area contributed by atoms with Gasteiger partial charge in [-0.05, 0) is 38.3 Å². The van der Waals surface area contributed by atoms with E-state index in [0.29, 0.717) is 13.0 Å². The number of nitrogens with two attached hydrogens (primary N) is 1. The maximum atomic E-state index is 11.2. The molecule has 0 radical (unpaired) electrons. The number of amides is 3. The first-order chi connectivity index (χ1) is 7.58. The van der Waals surface area contributed by atoms with Crippen molar-refractivity contribution in [3.63, 3.8) is 0 Å². The molecule has 1 saturated heterocycles. The number of nitrogens with one attached hydrogen (secondary N) is 1. The van der Waals surface area contributed by atoms with Crippen molar-refractivity contribution in [3.8, 4) is 0 Å². The van der Waals surface area contributed by atoms with Gasteiger partial charge in [0.25, 0.3) is 0 Å². The number of nitrogens with zero attached hydrogens (tertiary/aromatic N) is 1. The van der Waals surface area contributed by atoms with E-state index in [1.165, 1.54) is 19.3 Å². The summed E-state index contributed by atoms with van der Waals surface area (Å²) in [4.78, 5) is 23.9. The lowest BCUT2D eigenvalue weighted by Gasteiger charge is -2.19. The molecule has 0 aromatic carbocycles. The molecule has 5 nitrogen and oxygen atoms in total. The van der Waals surface area contributed by atoms with Gasteiger partial charge in [0.05, 0.1) is 0 Å². The molecule has 5 heteroatoms. The van der Waals surface area contributed by atoms with E-state index in [-0.39, 0.29) is 5.91 Å². The Bertz CT molecular complexity index is 256. The molecule has 1 fully saturated rings. The van der Waals surface area contributed by atoms with Crippen LogP contribution in [0.2, 0.25) is 0 Å². The summed E-state index contributed by atoms with van der Waals surface area (Å²) in [6, 6.07) is -0.769. The van der Waals surface area contributed by atoms with Crippen LogP contribution in [0.3, 0.4) is 0 Å². The van der Waals surface area contributed by atoms with Gasteiger partial charge in [-0.1, -0.05) is 6.92 Å². The van der Waals surface area contributed by atoms with Crippen LogP contribution in [0, 0.1) is 5.92 Å². The second kappa shape index (κ2) is 6.48. The lowest BCUT2D eigenvalue weighted by molar-refractivity contribution is -0.120. The number of imide groups is 1. The molecule has 0 bridgehead atoms. The number of hydrogen-bond acceptors (Lipinski definition) is 3. The molecule has 1 atom stereocenters. The number of likely N-dealkylation sites (tertiary alicyclic amines) is 1. The molecule has 16 heavy (non-hydrogen) atoms. The minimum atomic E-state index is -0.769. The van der Waals surface area contributed by atoms with E-state index in [1.807, 2.05) is 0 Å². The van der Waals surface area contributed by atoms with Crippen molar-refractivity contribution in [2.75, 3.05) is 19.6 Å². The fraction of sp³-hybridized carbons (Fsp3) is 0.818. The van der Waals surface area contributed by atoms with E-state index in [9.17, 15) is 9.59 Å². The third-order valence-electron chi connectivity index (χ3n) is 3.03. The van der Waals surface area contributed by atoms with Crippen LogP contribution in [-0.4, -0.2) is 36.5 Å². The predicted octanol–water partition coefficient (Wildman–Crippen LogP) is 0.693. The number of hydrogen-bond donors (Lipinski definition) is 2. The highest BCUT2D eigenvalue weighted by Crippen LogP contribution is 2.16. The van der Waals surface area contributed by atoms with Gasteiger partial charge in [0.2, 0.25) is 5.91 Å². The average Bonchev–Trinajstić information content (AvgIpc) is 2.39. The van der Waals surface area contributed by atoms with Crippen molar-refractivity contribution < 1.29 is 9.59 Å². The molecule has 1 aliphatic heterocycles. The summed E-state index contributed by atoms with van der Waals surface area (Å²) in [5.74, 6) is 0.495. The van der Waals surface area contributed by atoms with Crippen molar-refractivity contribution in [1.29, 1.82) is 0 Å². The molecule has 1 rings (SSSR count). The quantitative estimate of drug-likeness (QED) is 0.745. The van der Waals surface area contributed by atoms with Crippen LogP contribution < -0.4 is 11.1 Å². The molecule has 1 heterocycles. The maximum Gasteiger partial charge on any atom is 0.318 e. The summed E-state index contributed by atoms with van der Waals surface area (Å²) in [5.41, 5.74) is 4.86. The Morgan fingerprint density at radius 1 is 1.38 bits per heavy atom. The molecule has 3 amide bonds. The minimum Gasteiger partial charge on any atom is -0.351 e. The number of carbonyl (C=O) groups is 2. The number of carbonyl (C=O) groups excluding carboxylic acids is 2. The monoisotopic (exact) mass is 227 g/mol. The number of urea groups is 1. The average molecular weight is 227 g/mol. The molecule has 1 aliphatic rings. The van der Waals surface area contributed by atoms with E-state index < -0.39 is 6.03 Å². The van der Waals surface area contributed by atoms with E-state index in [0.717, 1.165) is 19.0 Å². The molecule has 0 spiro atoms. The van der Waals surface area contributed by atoms with Crippen molar-refractivity contribution in [3.05, 3.63) is 0 Å². The fourth-order valence-electron chi connectivity index (χ4n) is 2.01. The summed E-state index contributed by atoms with van der Waals surface area (Å²) in [5, 5.41) is 2.08. The number of primary amides is 1. The molecule has 0 unspecified atom stereocenters. The van der Waals surface area contributed by atoms with Crippen LogP contribution >= 0.6 is 0 Å². The molecular formula is C11H21N3O2. The fourth-order valence-corrected chi connectivity index (χ4v) is 2.01. The summed E-state index contributed by atoms with van der Waals surface area (Å²) in [6.45, 7) is 5.08. The molecular weight excluding hydrogens is 206 g/mol. The van der Waals surface area contributed by atoms with Gasteiger partial charge in [-0.3, -0.25) is 10.1 Å². The van der Waals surface area contributed by atoms with Crippen molar-refractivity contribution in [2.24, 2.45) is 11.7 Å². The lowest BCUT2D eigenvalue weighted by Crippen LogP contribution is -2.37. The van der Waals surface area contributed by atoms with Gasteiger partial charge in [0, 0.05) is 13.0 Å². The van der Waals surface area contributed by atoms with Crippen molar-refractivity contribution in [2.45, 2.75) is 32.6 Å². The van der Waals surface area contributed by atoms with Crippen molar-refractivity contribution in [1.82, 2.24) is 10.2 Å². The van der Waals surface area contributed by atoms with E-state index in [2.05, 4.69) is 17.1 Å². The SMILES string of the molecule is C[C@H]1CCCN(CCC(=O)NC(N)=O)CC1. The van der Waals surface area contributed by atoms with Crippen LogP contribution in [0.4, 0.5) is 4.79 Å². The smallest absolute Gasteiger partial charge is 0.318 e. The Labute approximate surface area is 96.4 Å². The maximum absolute atomic E-state index is 11.2. The zero-order valence-electron chi connectivity index (χ0n) is 9.87. The largest absolute Gasteiger partial charge is 0.351 e. The first-order valence-corrected chi connectivity index (χ1v) is 5.89. The van der Waals surface area contributed by atoms with Crippen molar-refractivity contribution >= 4 is 11.9 Å². The zero-order valence-corrected chi connectivity index (χ0v) is 9.87. The highest BCUT2D eigenvalue weighted by molar-refractivity contribution is 5.93. The van der Waals surface area contributed by atoms with Gasteiger partial charge in [-0.2, -0.15) is 0 Å². The number of rotatable bonds is 3. The topological polar surface area (TPSA) is 75.4 Å². The lowest BCUT2D eigenvalue weighted by atomic mass is 10.0. The zero-order chi connectivity index (χ0) is 12.0. The molecule has 0 aromatic rings. The summed E-state index contributed by atoms with van der Waals surface area (Å²) >= 11 is 0. The third-order valence-corrected chi connectivity index (χ3v) is 3.03. The van der Waals surface area contributed by atoms with Crippen LogP contribution in [0.15, 0.2) is 0 Å². The second-order valence-corrected chi connectivity index (χ2v) is 4.54. The Balaban J connectivity index is 2.21. The van der Waals surface area contributed by atoms with Crippen LogP contribution in [0.1, 0.15) is 32.6 Å². The molecule has 92 valence electrons. The van der Waals surface area contributed by atoms with Gasteiger partial charge in [-0.15, -0.1) is 0 Å². The Morgan fingerprint density at radius 3 is 2.81 bits per heavy atom. The minimum absolute atomic E-state index is 0.287. The summed E-state index contributed by atoms with van der Waals surface area (Å²) < 4.78 is 0. The van der Waals surface area contributed by atoms with Gasteiger partial charge in [-0.25, -0.2) is 4.79 Å². The Kier molecular flexibility index (Phi) is 5.25. The van der Waals surface area contributed by atoms with E-state index in [1.54, 1.807) is 0 Å².